The van der Waals surface area contributed by atoms with Crippen molar-refractivity contribution < 1.29 is 19.1 Å². The first-order valence-corrected chi connectivity index (χ1v) is 8.73. The largest absolute Gasteiger partial charge is 0.462 e. The molecule has 0 spiro atoms. The van der Waals surface area contributed by atoms with Crippen LogP contribution in [0.3, 0.4) is 0 Å². The van der Waals surface area contributed by atoms with Crippen LogP contribution in [0.4, 0.5) is 0 Å². The molecule has 4 aliphatic rings. The van der Waals surface area contributed by atoms with Crippen molar-refractivity contribution in [3.05, 3.63) is 0 Å². The number of fused-ring (bicyclic) bond motifs is 3. The van der Waals surface area contributed by atoms with Crippen LogP contribution in [0.1, 0.15) is 46.0 Å². The molecule has 0 aliphatic carbocycles. The third kappa shape index (κ3) is 2.08. The number of esters is 2. The lowest BCUT2D eigenvalue weighted by atomic mass is 9.83. The minimum Gasteiger partial charge on any atom is -0.462 e. The maximum atomic E-state index is 12.0. The lowest BCUT2D eigenvalue weighted by Gasteiger charge is -2.34. The molecule has 4 fully saturated rings. The van der Waals surface area contributed by atoms with Crippen LogP contribution in [0, 0.1) is 17.8 Å². The zero-order valence-corrected chi connectivity index (χ0v) is 13.4. The van der Waals surface area contributed by atoms with Crippen LogP contribution in [-0.2, 0) is 19.1 Å². The fraction of sp³-hybridized carbons (Fsp3) is 0.882. The molecule has 5 nitrogen and oxygen atoms in total. The number of carbonyl (C=O) groups excluding carboxylic acids is 2. The number of rotatable bonds is 1. The van der Waals surface area contributed by atoms with E-state index >= 15 is 0 Å². The SMILES string of the molecule is CC1CC(C2CCC3C4C(CCCN23)OC(=O)C4C)OC1=O. The second kappa shape index (κ2) is 5.22. The van der Waals surface area contributed by atoms with Crippen LogP contribution in [0.2, 0.25) is 0 Å². The summed E-state index contributed by atoms with van der Waals surface area (Å²) in [4.78, 5) is 26.2. The first-order valence-electron chi connectivity index (χ1n) is 8.73. The molecular weight excluding hydrogens is 282 g/mol. The molecule has 0 aromatic heterocycles. The molecule has 7 unspecified atom stereocenters. The highest BCUT2D eigenvalue weighted by atomic mass is 16.6. The predicted molar refractivity (Wildman–Crippen MR) is 78.9 cm³/mol. The monoisotopic (exact) mass is 307 g/mol. The lowest BCUT2D eigenvalue weighted by molar-refractivity contribution is -0.146. The van der Waals surface area contributed by atoms with Gasteiger partial charge in [-0.2, -0.15) is 0 Å². The highest BCUT2D eigenvalue weighted by molar-refractivity contribution is 5.75. The van der Waals surface area contributed by atoms with E-state index in [0.29, 0.717) is 18.0 Å². The molecular formula is C17H25NO4. The molecule has 4 saturated heterocycles. The van der Waals surface area contributed by atoms with Crippen LogP contribution in [0.15, 0.2) is 0 Å². The molecule has 7 atom stereocenters. The Labute approximate surface area is 131 Å². The van der Waals surface area contributed by atoms with Crippen molar-refractivity contribution in [1.29, 1.82) is 0 Å². The second-order valence-corrected chi connectivity index (χ2v) is 7.55. The van der Waals surface area contributed by atoms with E-state index in [1.165, 1.54) is 0 Å². The Morgan fingerprint density at radius 3 is 2.41 bits per heavy atom. The number of hydrogen-bond donors (Lipinski definition) is 0. The standard InChI is InChI=1S/C17H25NO4/c1-9-8-14(22-16(9)19)11-5-6-12-15-10(2)17(20)21-13(15)4-3-7-18(11)12/h9-15H,3-8H2,1-2H3. The van der Waals surface area contributed by atoms with Crippen molar-refractivity contribution >= 4 is 11.9 Å². The fourth-order valence-corrected chi connectivity index (χ4v) is 5.18. The summed E-state index contributed by atoms with van der Waals surface area (Å²) in [5.74, 6) is 0.267. The van der Waals surface area contributed by atoms with E-state index in [1.54, 1.807) is 0 Å². The van der Waals surface area contributed by atoms with E-state index in [2.05, 4.69) is 4.90 Å². The molecule has 0 radical (unpaired) electrons. The Bertz CT molecular complexity index is 493. The average Bonchev–Trinajstić information content (AvgIpc) is 3.07. The Morgan fingerprint density at radius 2 is 1.68 bits per heavy atom. The van der Waals surface area contributed by atoms with Crippen molar-refractivity contribution in [2.45, 2.75) is 70.2 Å². The summed E-state index contributed by atoms with van der Waals surface area (Å²) in [6, 6.07) is 0.745. The molecule has 22 heavy (non-hydrogen) atoms. The van der Waals surface area contributed by atoms with Gasteiger partial charge in [0.25, 0.3) is 0 Å². The van der Waals surface area contributed by atoms with E-state index in [-0.39, 0.29) is 36.0 Å². The second-order valence-electron chi connectivity index (χ2n) is 7.55. The van der Waals surface area contributed by atoms with Gasteiger partial charge in [0.15, 0.2) is 0 Å². The minimum atomic E-state index is -0.0473. The summed E-state index contributed by atoms with van der Waals surface area (Å²) in [6.07, 6.45) is 5.17. The zero-order valence-electron chi connectivity index (χ0n) is 13.4. The molecule has 0 aromatic rings. The van der Waals surface area contributed by atoms with Crippen LogP contribution < -0.4 is 0 Å². The molecule has 0 bridgehead atoms. The molecule has 5 heteroatoms. The summed E-state index contributed by atoms with van der Waals surface area (Å²) in [5, 5.41) is 0. The Morgan fingerprint density at radius 1 is 0.955 bits per heavy atom. The van der Waals surface area contributed by atoms with E-state index in [4.69, 9.17) is 9.47 Å². The topological polar surface area (TPSA) is 55.8 Å². The van der Waals surface area contributed by atoms with Crippen molar-refractivity contribution in [2.75, 3.05) is 6.54 Å². The van der Waals surface area contributed by atoms with Gasteiger partial charge in [0.2, 0.25) is 0 Å². The number of hydrogen-bond acceptors (Lipinski definition) is 5. The van der Waals surface area contributed by atoms with Crippen molar-refractivity contribution in [3.63, 3.8) is 0 Å². The maximum absolute atomic E-state index is 12.0. The molecule has 4 heterocycles. The van der Waals surface area contributed by atoms with Gasteiger partial charge < -0.3 is 9.47 Å². The van der Waals surface area contributed by atoms with Crippen LogP contribution in [0.25, 0.3) is 0 Å². The number of ether oxygens (including phenoxy) is 2. The molecule has 4 aliphatic heterocycles. The molecule has 0 N–H and O–H groups in total. The van der Waals surface area contributed by atoms with E-state index in [9.17, 15) is 9.59 Å². The quantitative estimate of drug-likeness (QED) is 0.691. The Balaban J connectivity index is 1.55. The van der Waals surface area contributed by atoms with Crippen molar-refractivity contribution in [2.24, 2.45) is 17.8 Å². The molecule has 122 valence electrons. The van der Waals surface area contributed by atoms with Gasteiger partial charge >= 0.3 is 11.9 Å². The highest BCUT2D eigenvalue weighted by Crippen LogP contribution is 2.45. The Hall–Kier alpha value is -1.10. The zero-order chi connectivity index (χ0) is 15.4. The van der Waals surface area contributed by atoms with Gasteiger partial charge in [-0.05, 0) is 38.6 Å². The van der Waals surface area contributed by atoms with E-state index in [1.807, 2.05) is 13.8 Å². The molecule has 4 rings (SSSR count). The van der Waals surface area contributed by atoms with Gasteiger partial charge in [0, 0.05) is 18.0 Å². The van der Waals surface area contributed by atoms with Crippen molar-refractivity contribution in [3.8, 4) is 0 Å². The summed E-state index contributed by atoms with van der Waals surface area (Å²) >= 11 is 0. The summed E-state index contributed by atoms with van der Waals surface area (Å²) in [7, 11) is 0. The Kier molecular flexibility index (Phi) is 3.44. The first-order chi connectivity index (χ1) is 10.6. The van der Waals surface area contributed by atoms with Gasteiger partial charge in [-0.25, -0.2) is 0 Å². The first kappa shape index (κ1) is 14.5. The average molecular weight is 307 g/mol. The lowest BCUT2D eigenvalue weighted by Crippen LogP contribution is -2.46. The van der Waals surface area contributed by atoms with Gasteiger partial charge in [0.1, 0.15) is 12.2 Å². The normalized spacial score (nSPS) is 48.5. The fourth-order valence-electron chi connectivity index (χ4n) is 5.18. The molecule has 0 saturated carbocycles. The van der Waals surface area contributed by atoms with Gasteiger partial charge in [-0.1, -0.05) is 13.8 Å². The van der Waals surface area contributed by atoms with E-state index < -0.39 is 0 Å². The van der Waals surface area contributed by atoms with Crippen LogP contribution >= 0.6 is 0 Å². The van der Waals surface area contributed by atoms with Gasteiger partial charge in [-0.15, -0.1) is 0 Å². The minimum absolute atomic E-state index is 0.000554. The summed E-state index contributed by atoms with van der Waals surface area (Å²) in [5.41, 5.74) is 0. The van der Waals surface area contributed by atoms with Gasteiger partial charge in [0.05, 0.1) is 11.8 Å². The third-order valence-corrected chi connectivity index (χ3v) is 6.29. The predicted octanol–water partition coefficient (Wildman–Crippen LogP) is 1.74. The number of carbonyl (C=O) groups is 2. The smallest absolute Gasteiger partial charge is 0.309 e. The number of cyclic esters (lactones) is 1. The third-order valence-electron chi connectivity index (χ3n) is 6.29. The van der Waals surface area contributed by atoms with Crippen LogP contribution in [-0.4, -0.2) is 47.7 Å². The van der Waals surface area contributed by atoms with E-state index in [0.717, 1.165) is 38.6 Å². The van der Waals surface area contributed by atoms with Crippen LogP contribution in [0.5, 0.6) is 0 Å². The maximum Gasteiger partial charge on any atom is 0.309 e. The summed E-state index contributed by atoms with van der Waals surface area (Å²) < 4.78 is 11.2. The number of nitrogens with zero attached hydrogens (tertiary/aromatic N) is 1. The van der Waals surface area contributed by atoms with Crippen molar-refractivity contribution in [1.82, 2.24) is 4.90 Å². The summed E-state index contributed by atoms with van der Waals surface area (Å²) in [6.45, 7) is 5.01. The highest BCUT2D eigenvalue weighted by Gasteiger charge is 2.54. The molecule has 0 aromatic carbocycles. The molecule has 0 amide bonds. The van der Waals surface area contributed by atoms with Gasteiger partial charge in [-0.3, -0.25) is 14.5 Å².